The van der Waals surface area contributed by atoms with Gasteiger partial charge in [0, 0.05) is 10.8 Å². The van der Waals surface area contributed by atoms with Crippen molar-refractivity contribution >= 4 is 23.4 Å². The van der Waals surface area contributed by atoms with E-state index in [9.17, 15) is 4.39 Å². The molecule has 2 aromatic rings. The molecule has 1 aromatic heterocycles. The molecule has 2 rings (SSSR count). The van der Waals surface area contributed by atoms with Crippen molar-refractivity contribution in [1.29, 1.82) is 0 Å². The van der Waals surface area contributed by atoms with Crippen LogP contribution < -0.4 is 0 Å². The summed E-state index contributed by atoms with van der Waals surface area (Å²) in [7, 11) is 0. The monoisotopic (exact) mass is 243 g/mol. The Bertz CT molecular complexity index is 447. The number of nitrogens with one attached hydrogen (secondary N) is 1. The molecule has 1 aromatic carbocycles. The SMILES string of the molecule is Fc1cc(Cl)ccc1CSc1ncn[nH]1. The van der Waals surface area contributed by atoms with Crippen LogP contribution in [0.3, 0.4) is 0 Å². The molecule has 0 saturated carbocycles. The number of benzene rings is 1. The third-order valence-electron chi connectivity index (χ3n) is 1.77. The molecule has 78 valence electrons. The second kappa shape index (κ2) is 4.63. The van der Waals surface area contributed by atoms with Gasteiger partial charge >= 0.3 is 0 Å². The van der Waals surface area contributed by atoms with Crippen molar-refractivity contribution in [1.82, 2.24) is 15.2 Å². The van der Waals surface area contributed by atoms with E-state index in [0.29, 0.717) is 21.5 Å². The average molecular weight is 244 g/mol. The van der Waals surface area contributed by atoms with Crippen LogP contribution in [0, 0.1) is 5.82 Å². The van der Waals surface area contributed by atoms with Crippen LogP contribution in [0.1, 0.15) is 5.56 Å². The molecule has 1 N–H and O–H groups in total. The molecule has 3 nitrogen and oxygen atoms in total. The second-order valence-electron chi connectivity index (χ2n) is 2.82. The predicted octanol–water partition coefficient (Wildman–Crippen LogP) is 2.89. The molecule has 6 heteroatoms. The van der Waals surface area contributed by atoms with Crippen molar-refractivity contribution < 1.29 is 4.39 Å². The summed E-state index contributed by atoms with van der Waals surface area (Å²) in [6.45, 7) is 0. The number of thioether (sulfide) groups is 1. The molecule has 0 saturated heterocycles. The van der Waals surface area contributed by atoms with Gasteiger partial charge in [-0.15, -0.1) is 0 Å². The molecule has 0 unspecified atom stereocenters. The first-order chi connectivity index (χ1) is 7.25. The number of hydrogen-bond acceptors (Lipinski definition) is 3. The van der Waals surface area contributed by atoms with Crippen LogP contribution in [-0.2, 0) is 5.75 Å². The summed E-state index contributed by atoms with van der Waals surface area (Å²) in [5.41, 5.74) is 0.598. The van der Waals surface area contributed by atoms with Gasteiger partial charge in [0.1, 0.15) is 12.1 Å². The molecule has 0 aliphatic heterocycles. The Morgan fingerprint density at radius 3 is 3.00 bits per heavy atom. The quantitative estimate of drug-likeness (QED) is 0.843. The van der Waals surface area contributed by atoms with Gasteiger partial charge in [0.05, 0.1) is 0 Å². The van der Waals surface area contributed by atoms with E-state index in [1.54, 1.807) is 12.1 Å². The lowest BCUT2D eigenvalue weighted by atomic mass is 10.2. The number of aromatic amines is 1. The van der Waals surface area contributed by atoms with Gasteiger partial charge in [-0.05, 0) is 17.7 Å². The van der Waals surface area contributed by atoms with Gasteiger partial charge in [-0.1, -0.05) is 29.4 Å². The molecule has 15 heavy (non-hydrogen) atoms. The predicted molar refractivity (Wildman–Crippen MR) is 57.4 cm³/mol. The lowest BCUT2D eigenvalue weighted by molar-refractivity contribution is 0.617. The third kappa shape index (κ3) is 2.70. The Hall–Kier alpha value is -1.07. The first-order valence-corrected chi connectivity index (χ1v) is 5.54. The van der Waals surface area contributed by atoms with Crippen LogP contribution >= 0.6 is 23.4 Å². The topological polar surface area (TPSA) is 41.6 Å². The molecule has 0 aliphatic rings. The summed E-state index contributed by atoms with van der Waals surface area (Å²) >= 11 is 7.03. The van der Waals surface area contributed by atoms with E-state index >= 15 is 0 Å². The summed E-state index contributed by atoms with van der Waals surface area (Å²) in [6, 6.07) is 4.64. The van der Waals surface area contributed by atoms with E-state index in [1.165, 1.54) is 24.2 Å². The lowest BCUT2D eigenvalue weighted by Crippen LogP contribution is -1.87. The molecule has 1 heterocycles. The second-order valence-corrected chi connectivity index (χ2v) is 4.22. The lowest BCUT2D eigenvalue weighted by Gasteiger charge is -2.01. The van der Waals surface area contributed by atoms with Crippen LogP contribution in [-0.4, -0.2) is 15.2 Å². The van der Waals surface area contributed by atoms with Crippen LogP contribution in [0.2, 0.25) is 5.02 Å². The molecule has 0 bridgehead atoms. The number of rotatable bonds is 3. The summed E-state index contributed by atoms with van der Waals surface area (Å²) in [6.07, 6.45) is 1.42. The van der Waals surface area contributed by atoms with E-state index < -0.39 is 0 Å². The Labute approximate surface area is 95.1 Å². The molecule has 0 atom stereocenters. The minimum absolute atomic E-state index is 0.297. The summed E-state index contributed by atoms with van der Waals surface area (Å²) in [5, 5.41) is 7.47. The van der Waals surface area contributed by atoms with Gasteiger partial charge in [0.15, 0.2) is 5.16 Å². The zero-order chi connectivity index (χ0) is 10.7. The zero-order valence-corrected chi connectivity index (χ0v) is 9.15. The van der Waals surface area contributed by atoms with Gasteiger partial charge in [-0.3, -0.25) is 5.10 Å². The fourth-order valence-electron chi connectivity index (χ4n) is 1.05. The molecule has 0 spiro atoms. The largest absolute Gasteiger partial charge is 0.254 e. The maximum Gasteiger partial charge on any atom is 0.183 e. The van der Waals surface area contributed by atoms with E-state index in [4.69, 9.17) is 11.6 Å². The van der Waals surface area contributed by atoms with Crippen molar-refractivity contribution in [2.75, 3.05) is 0 Å². The standard InChI is InChI=1S/C9H7ClFN3S/c10-7-2-1-6(8(11)3-7)4-15-9-12-5-13-14-9/h1-3,5H,4H2,(H,12,13,14). The van der Waals surface area contributed by atoms with E-state index in [0.717, 1.165) is 0 Å². The number of hydrogen-bond donors (Lipinski definition) is 1. The fraction of sp³-hybridized carbons (Fsp3) is 0.111. The molecule has 0 aliphatic carbocycles. The van der Waals surface area contributed by atoms with Gasteiger partial charge in [-0.2, -0.15) is 5.10 Å². The summed E-state index contributed by atoms with van der Waals surface area (Å²) in [5.74, 6) is 0.201. The van der Waals surface area contributed by atoms with Gasteiger partial charge in [0.2, 0.25) is 0 Å². The van der Waals surface area contributed by atoms with Crippen molar-refractivity contribution in [3.05, 3.63) is 40.9 Å². The van der Waals surface area contributed by atoms with Crippen molar-refractivity contribution in [3.63, 3.8) is 0 Å². The number of aromatic nitrogens is 3. The summed E-state index contributed by atoms with van der Waals surface area (Å²) in [4.78, 5) is 3.93. The minimum atomic E-state index is -0.297. The average Bonchev–Trinajstić information content (AvgIpc) is 2.69. The Morgan fingerprint density at radius 2 is 2.33 bits per heavy atom. The Balaban J connectivity index is 2.05. The van der Waals surface area contributed by atoms with E-state index in [-0.39, 0.29) is 5.82 Å². The minimum Gasteiger partial charge on any atom is -0.254 e. The number of H-pyrrole nitrogens is 1. The molecule has 0 fully saturated rings. The fourth-order valence-corrected chi connectivity index (χ4v) is 1.97. The third-order valence-corrected chi connectivity index (χ3v) is 2.93. The molecular formula is C9H7ClFN3S. The van der Waals surface area contributed by atoms with Crippen LogP contribution in [0.4, 0.5) is 4.39 Å². The van der Waals surface area contributed by atoms with E-state index in [2.05, 4.69) is 15.2 Å². The maximum atomic E-state index is 13.3. The van der Waals surface area contributed by atoms with Crippen LogP contribution in [0.15, 0.2) is 29.7 Å². The highest BCUT2D eigenvalue weighted by Gasteiger charge is 2.04. The Kier molecular flexibility index (Phi) is 3.23. The van der Waals surface area contributed by atoms with E-state index in [1.807, 2.05) is 0 Å². The van der Waals surface area contributed by atoms with Gasteiger partial charge in [-0.25, -0.2) is 9.37 Å². The Morgan fingerprint density at radius 1 is 1.47 bits per heavy atom. The molecule has 0 amide bonds. The van der Waals surface area contributed by atoms with Crippen molar-refractivity contribution in [3.8, 4) is 0 Å². The molecular weight excluding hydrogens is 237 g/mol. The van der Waals surface area contributed by atoms with Crippen LogP contribution in [0.5, 0.6) is 0 Å². The normalized spacial score (nSPS) is 10.5. The van der Waals surface area contributed by atoms with Crippen molar-refractivity contribution in [2.24, 2.45) is 0 Å². The highest BCUT2D eigenvalue weighted by atomic mass is 35.5. The molecule has 0 radical (unpaired) electrons. The van der Waals surface area contributed by atoms with Gasteiger partial charge in [0.25, 0.3) is 0 Å². The first-order valence-electron chi connectivity index (χ1n) is 4.18. The number of halogens is 2. The zero-order valence-electron chi connectivity index (χ0n) is 7.58. The van der Waals surface area contributed by atoms with Crippen LogP contribution in [0.25, 0.3) is 0 Å². The summed E-state index contributed by atoms with van der Waals surface area (Å²) < 4.78 is 13.3. The highest BCUT2D eigenvalue weighted by Crippen LogP contribution is 2.22. The smallest absolute Gasteiger partial charge is 0.183 e. The first kappa shape index (κ1) is 10.4. The number of nitrogens with zero attached hydrogens (tertiary/aromatic N) is 2. The maximum absolute atomic E-state index is 13.3. The van der Waals surface area contributed by atoms with Gasteiger partial charge < -0.3 is 0 Å². The van der Waals surface area contributed by atoms with Crippen molar-refractivity contribution in [2.45, 2.75) is 10.9 Å². The highest BCUT2D eigenvalue weighted by molar-refractivity contribution is 7.98.